The number of amides is 1. The number of nitrogens with one attached hydrogen (secondary N) is 1. The van der Waals surface area contributed by atoms with E-state index in [1.165, 1.54) is 7.11 Å². The molecule has 3 unspecified atom stereocenters. The molecule has 26 heavy (non-hydrogen) atoms. The molecule has 1 saturated carbocycles. The molecular weight excluding hydrogens is 336 g/mol. The lowest BCUT2D eigenvalue weighted by atomic mass is 9.94. The first-order valence-corrected chi connectivity index (χ1v) is 9.01. The topological polar surface area (TPSA) is 105 Å². The Hall–Kier alpha value is -2.58. The maximum absolute atomic E-state index is 11.2. The molecule has 1 saturated heterocycles. The predicted octanol–water partition coefficient (Wildman–Crippen LogP) is 2.06. The molecule has 2 aromatic rings. The maximum atomic E-state index is 11.2. The first kappa shape index (κ1) is 16.9. The molecule has 0 radical (unpaired) electrons. The Morgan fingerprint density at radius 1 is 1.42 bits per heavy atom. The van der Waals surface area contributed by atoms with E-state index in [-0.39, 0.29) is 12.0 Å². The van der Waals surface area contributed by atoms with Crippen LogP contribution in [-0.4, -0.2) is 61.9 Å². The minimum absolute atomic E-state index is 0.166. The average Bonchev–Trinajstić information content (AvgIpc) is 3.31. The van der Waals surface area contributed by atoms with Gasteiger partial charge in [0.15, 0.2) is 0 Å². The molecule has 9 nitrogen and oxygen atoms in total. The van der Waals surface area contributed by atoms with Crippen LogP contribution >= 0.6 is 0 Å². The van der Waals surface area contributed by atoms with E-state index in [4.69, 9.17) is 4.74 Å². The van der Waals surface area contributed by atoms with Crippen molar-refractivity contribution >= 4 is 17.7 Å². The van der Waals surface area contributed by atoms with Gasteiger partial charge in [0.25, 0.3) is 5.78 Å². The lowest BCUT2D eigenvalue weighted by Gasteiger charge is -2.29. The summed E-state index contributed by atoms with van der Waals surface area (Å²) >= 11 is 0. The van der Waals surface area contributed by atoms with Crippen molar-refractivity contribution < 1.29 is 14.6 Å². The predicted molar refractivity (Wildman–Crippen MR) is 94.6 cm³/mol. The SMILES string of the molecule is COc1nc2nc(C(C)C)cc(NCC3CC4CC3CN4C(=O)O)n2n1. The Labute approximate surface area is 151 Å². The summed E-state index contributed by atoms with van der Waals surface area (Å²) in [4.78, 5) is 21.7. The van der Waals surface area contributed by atoms with Gasteiger partial charge in [-0.3, -0.25) is 0 Å². The standard InChI is InChI=1S/C17H24N6O3/c1-9(2)13-6-14(23-15(19-13)20-16(21-23)26-3)18-7-10-4-12-5-11(10)8-22(12)17(24)25/h6,9-12,18H,4-5,7-8H2,1-3H3,(H,24,25). The highest BCUT2D eigenvalue weighted by molar-refractivity contribution is 5.66. The minimum atomic E-state index is -0.795. The minimum Gasteiger partial charge on any atom is -0.466 e. The smallest absolute Gasteiger partial charge is 0.407 e. The summed E-state index contributed by atoms with van der Waals surface area (Å²) in [5, 5.41) is 17.1. The van der Waals surface area contributed by atoms with Crippen molar-refractivity contribution in [3.8, 4) is 6.01 Å². The lowest BCUT2D eigenvalue weighted by molar-refractivity contribution is 0.121. The van der Waals surface area contributed by atoms with E-state index in [0.717, 1.165) is 30.9 Å². The highest BCUT2D eigenvalue weighted by atomic mass is 16.5. The van der Waals surface area contributed by atoms with Crippen LogP contribution in [0.3, 0.4) is 0 Å². The second-order valence-electron chi connectivity index (χ2n) is 7.49. The van der Waals surface area contributed by atoms with Crippen molar-refractivity contribution in [2.75, 3.05) is 25.5 Å². The monoisotopic (exact) mass is 360 g/mol. The molecule has 1 aliphatic carbocycles. The van der Waals surface area contributed by atoms with Gasteiger partial charge in [-0.15, -0.1) is 5.10 Å². The number of likely N-dealkylation sites (tertiary alicyclic amines) is 1. The number of carbonyl (C=O) groups is 1. The molecular formula is C17H24N6O3. The van der Waals surface area contributed by atoms with E-state index in [1.807, 2.05) is 6.07 Å². The molecule has 0 aromatic carbocycles. The quantitative estimate of drug-likeness (QED) is 0.841. The van der Waals surface area contributed by atoms with E-state index in [2.05, 4.69) is 34.2 Å². The third kappa shape index (κ3) is 2.81. The summed E-state index contributed by atoms with van der Waals surface area (Å²) in [6.45, 7) is 5.61. The zero-order chi connectivity index (χ0) is 18.4. The summed E-state index contributed by atoms with van der Waals surface area (Å²) < 4.78 is 6.80. The van der Waals surface area contributed by atoms with E-state index >= 15 is 0 Å². The summed E-state index contributed by atoms with van der Waals surface area (Å²) in [7, 11) is 1.54. The molecule has 9 heteroatoms. The summed E-state index contributed by atoms with van der Waals surface area (Å²) in [6.07, 6.45) is 1.09. The number of nitrogens with zero attached hydrogens (tertiary/aromatic N) is 5. The lowest BCUT2D eigenvalue weighted by Crippen LogP contribution is -2.40. The van der Waals surface area contributed by atoms with Gasteiger partial charge >= 0.3 is 12.1 Å². The first-order valence-electron chi connectivity index (χ1n) is 9.01. The van der Waals surface area contributed by atoms with Gasteiger partial charge in [-0.25, -0.2) is 9.78 Å². The van der Waals surface area contributed by atoms with Crippen molar-refractivity contribution in [1.82, 2.24) is 24.5 Å². The van der Waals surface area contributed by atoms with Crippen LogP contribution < -0.4 is 10.1 Å². The molecule has 2 aliphatic rings. The number of methoxy groups -OCH3 is 1. The maximum Gasteiger partial charge on any atom is 0.407 e. The Bertz CT molecular complexity index is 835. The molecule has 4 rings (SSSR count). The van der Waals surface area contributed by atoms with Gasteiger partial charge in [0.05, 0.1) is 12.8 Å². The third-order valence-electron chi connectivity index (χ3n) is 5.57. The highest BCUT2D eigenvalue weighted by Gasteiger charge is 2.46. The van der Waals surface area contributed by atoms with Gasteiger partial charge in [0, 0.05) is 25.2 Å². The van der Waals surface area contributed by atoms with Crippen molar-refractivity contribution in [3.63, 3.8) is 0 Å². The second kappa shape index (κ2) is 6.30. The number of piperidine rings is 1. The van der Waals surface area contributed by atoms with Gasteiger partial charge in [-0.1, -0.05) is 13.8 Å². The number of hydrogen-bond donors (Lipinski definition) is 2. The molecule has 2 N–H and O–H groups in total. The van der Waals surface area contributed by atoms with E-state index in [9.17, 15) is 9.90 Å². The highest BCUT2D eigenvalue weighted by Crippen LogP contribution is 2.42. The van der Waals surface area contributed by atoms with Crippen molar-refractivity contribution in [2.45, 2.75) is 38.6 Å². The molecule has 1 amide bonds. The zero-order valence-corrected chi connectivity index (χ0v) is 15.2. The van der Waals surface area contributed by atoms with Crippen LogP contribution in [0.5, 0.6) is 6.01 Å². The molecule has 2 bridgehead atoms. The third-order valence-corrected chi connectivity index (χ3v) is 5.57. The van der Waals surface area contributed by atoms with E-state index < -0.39 is 6.09 Å². The van der Waals surface area contributed by atoms with Crippen molar-refractivity contribution in [3.05, 3.63) is 11.8 Å². The number of aromatic nitrogens is 4. The fraction of sp³-hybridized carbons (Fsp3) is 0.647. The normalized spacial score (nSPS) is 24.6. The number of anilines is 1. The van der Waals surface area contributed by atoms with E-state index in [0.29, 0.717) is 30.2 Å². The Morgan fingerprint density at radius 3 is 2.85 bits per heavy atom. The fourth-order valence-corrected chi connectivity index (χ4v) is 4.16. The van der Waals surface area contributed by atoms with Crippen LogP contribution in [0.2, 0.25) is 0 Å². The Morgan fingerprint density at radius 2 is 2.23 bits per heavy atom. The van der Waals surface area contributed by atoms with Gasteiger partial charge in [0.2, 0.25) is 0 Å². The van der Waals surface area contributed by atoms with Crippen LogP contribution in [0.25, 0.3) is 5.78 Å². The molecule has 2 aromatic heterocycles. The van der Waals surface area contributed by atoms with Crippen LogP contribution in [0.1, 0.15) is 38.3 Å². The fourth-order valence-electron chi connectivity index (χ4n) is 4.16. The number of fused-ring (bicyclic) bond motifs is 3. The van der Waals surface area contributed by atoms with Gasteiger partial charge in [-0.05, 0) is 30.6 Å². The van der Waals surface area contributed by atoms with Crippen molar-refractivity contribution in [2.24, 2.45) is 11.8 Å². The van der Waals surface area contributed by atoms with Crippen LogP contribution in [0.4, 0.5) is 10.6 Å². The van der Waals surface area contributed by atoms with E-state index in [1.54, 1.807) is 9.42 Å². The number of rotatable bonds is 5. The number of hydrogen-bond acceptors (Lipinski definition) is 6. The second-order valence-corrected chi connectivity index (χ2v) is 7.49. The summed E-state index contributed by atoms with van der Waals surface area (Å²) in [6, 6.07) is 2.46. The molecule has 140 valence electrons. The van der Waals surface area contributed by atoms with Gasteiger partial charge < -0.3 is 20.1 Å². The molecule has 0 spiro atoms. The Balaban J connectivity index is 1.52. The average molecular weight is 360 g/mol. The largest absolute Gasteiger partial charge is 0.466 e. The summed E-state index contributed by atoms with van der Waals surface area (Å²) in [5.74, 6) is 2.52. The number of ether oxygens (including phenoxy) is 1. The molecule has 1 aliphatic heterocycles. The first-order chi connectivity index (χ1) is 12.5. The Kier molecular flexibility index (Phi) is 4.08. The van der Waals surface area contributed by atoms with Gasteiger partial charge in [0.1, 0.15) is 5.82 Å². The van der Waals surface area contributed by atoms with Gasteiger partial charge in [-0.2, -0.15) is 9.50 Å². The van der Waals surface area contributed by atoms with Crippen LogP contribution in [-0.2, 0) is 0 Å². The van der Waals surface area contributed by atoms with Crippen LogP contribution in [0.15, 0.2) is 6.07 Å². The number of carboxylic acid groups (broad SMARTS) is 1. The van der Waals surface area contributed by atoms with Crippen molar-refractivity contribution in [1.29, 1.82) is 0 Å². The molecule has 3 atom stereocenters. The molecule has 2 fully saturated rings. The summed E-state index contributed by atoms with van der Waals surface area (Å²) in [5.41, 5.74) is 0.944. The zero-order valence-electron chi connectivity index (χ0n) is 15.2. The molecule has 3 heterocycles. The van der Waals surface area contributed by atoms with Crippen LogP contribution in [0, 0.1) is 11.8 Å².